The van der Waals surface area contributed by atoms with Crippen molar-refractivity contribution in [1.29, 1.82) is 0 Å². The molecular weight excluding hydrogens is 334 g/mol. The average molecular weight is 349 g/mol. The van der Waals surface area contributed by atoms with Gasteiger partial charge in [-0.1, -0.05) is 12.1 Å². The Bertz CT molecular complexity index is 1020. The van der Waals surface area contributed by atoms with Crippen LogP contribution in [0.3, 0.4) is 0 Å². The van der Waals surface area contributed by atoms with Crippen LogP contribution in [0, 0.1) is 0 Å². The van der Waals surface area contributed by atoms with Gasteiger partial charge in [0.15, 0.2) is 17.3 Å². The Balaban J connectivity index is 2.05. The summed E-state index contributed by atoms with van der Waals surface area (Å²) in [6, 6.07) is 8.60. The van der Waals surface area contributed by atoms with Crippen molar-refractivity contribution in [3.8, 4) is 0 Å². The van der Waals surface area contributed by atoms with E-state index in [1.54, 1.807) is 0 Å². The first-order valence-corrected chi connectivity index (χ1v) is 7.89. The number of rotatable bonds is 4. The highest BCUT2D eigenvalue weighted by Gasteiger charge is 2.33. The number of nitrogens with zero attached hydrogens (tertiary/aromatic N) is 1. The summed E-state index contributed by atoms with van der Waals surface area (Å²) in [5.74, 6) is -1.86. The summed E-state index contributed by atoms with van der Waals surface area (Å²) in [6.45, 7) is 2.68. The highest BCUT2D eigenvalue weighted by Crippen LogP contribution is 2.24. The van der Waals surface area contributed by atoms with E-state index in [0.29, 0.717) is 0 Å². The number of amides is 2. The molecule has 0 bridgehead atoms. The van der Waals surface area contributed by atoms with Crippen molar-refractivity contribution >= 4 is 29.2 Å². The molecule has 1 aliphatic rings. The lowest BCUT2D eigenvalue weighted by molar-refractivity contribution is 0.0692. The van der Waals surface area contributed by atoms with Crippen LogP contribution in [-0.4, -0.2) is 41.1 Å². The van der Waals surface area contributed by atoms with E-state index in [2.05, 4.69) is 0 Å². The third-order valence-corrected chi connectivity index (χ3v) is 4.39. The van der Waals surface area contributed by atoms with Crippen LogP contribution in [0.1, 0.15) is 71.2 Å². The number of fused-ring (bicyclic) bond motifs is 1. The first kappa shape index (κ1) is 17.4. The number of Topliss-reactive ketones (excluding diaryl/α,β-unsaturated/α-hetero) is 2. The van der Waals surface area contributed by atoms with Crippen molar-refractivity contribution in [2.45, 2.75) is 13.8 Å². The van der Waals surface area contributed by atoms with E-state index in [0.717, 1.165) is 4.90 Å². The van der Waals surface area contributed by atoms with Crippen molar-refractivity contribution in [2.24, 2.45) is 0 Å². The quantitative estimate of drug-likeness (QED) is 0.625. The maximum absolute atomic E-state index is 12.8. The lowest BCUT2D eigenvalue weighted by atomic mass is 9.94. The van der Waals surface area contributed by atoms with Gasteiger partial charge in [0.1, 0.15) is 0 Å². The lowest BCUT2D eigenvalue weighted by Crippen LogP contribution is -2.24. The van der Waals surface area contributed by atoms with Gasteiger partial charge < -0.3 is 0 Å². The third-order valence-electron chi connectivity index (χ3n) is 4.39. The lowest BCUT2D eigenvalue weighted by Gasteiger charge is -2.08. The standard InChI is InChI=1S/C20H15NO5/c1-10(22)14-6-4-12(8-16(14)11(2)23)18(24)13-5-7-15-17(9-13)20(26)21(3)19(15)25/h4-9H,1-3H3. The Kier molecular flexibility index (Phi) is 4.12. The van der Waals surface area contributed by atoms with Gasteiger partial charge in [-0.3, -0.25) is 28.9 Å². The fourth-order valence-corrected chi connectivity index (χ4v) is 2.95. The van der Waals surface area contributed by atoms with E-state index >= 15 is 0 Å². The first-order valence-electron chi connectivity index (χ1n) is 7.89. The van der Waals surface area contributed by atoms with Gasteiger partial charge in [-0.2, -0.15) is 0 Å². The molecule has 6 heteroatoms. The molecule has 1 aliphatic heterocycles. The first-order chi connectivity index (χ1) is 12.2. The van der Waals surface area contributed by atoms with Crippen LogP contribution in [0.15, 0.2) is 36.4 Å². The molecule has 0 atom stereocenters. The molecular formula is C20H15NO5. The van der Waals surface area contributed by atoms with Gasteiger partial charge in [0, 0.05) is 29.3 Å². The smallest absolute Gasteiger partial charge is 0.261 e. The summed E-state index contributed by atoms with van der Waals surface area (Å²) < 4.78 is 0. The predicted molar refractivity (Wildman–Crippen MR) is 92.7 cm³/mol. The molecule has 0 fully saturated rings. The summed E-state index contributed by atoms with van der Waals surface area (Å²) in [4.78, 5) is 61.2. The molecule has 1 heterocycles. The summed E-state index contributed by atoms with van der Waals surface area (Å²) in [6.07, 6.45) is 0. The highest BCUT2D eigenvalue weighted by molar-refractivity contribution is 6.22. The molecule has 0 saturated heterocycles. The second-order valence-electron chi connectivity index (χ2n) is 6.13. The zero-order chi connectivity index (χ0) is 19.2. The highest BCUT2D eigenvalue weighted by atomic mass is 16.2. The van der Waals surface area contributed by atoms with Crippen LogP contribution < -0.4 is 0 Å². The number of imide groups is 1. The molecule has 2 aromatic carbocycles. The van der Waals surface area contributed by atoms with E-state index in [1.165, 1.54) is 57.3 Å². The molecule has 0 radical (unpaired) electrons. The minimum Gasteiger partial charge on any atom is -0.294 e. The Morgan fingerprint density at radius 3 is 1.88 bits per heavy atom. The minimum atomic E-state index is -0.462. The molecule has 2 amide bonds. The van der Waals surface area contributed by atoms with Crippen LogP contribution in [-0.2, 0) is 0 Å². The van der Waals surface area contributed by atoms with Crippen molar-refractivity contribution in [3.05, 3.63) is 69.8 Å². The van der Waals surface area contributed by atoms with E-state index in [4.69, 9.17) is 0 Å². The SMILES string of the molecule is CC(=O)c1ccc(C(=O)c2ccc3c(c2)C(=O)N(C)C3=O)cc1C(C)=O. The zero-order valence-corrected chi connectivity index (χ0v) is 14.5. The summed E-state index contributed by atoms with van der Waals surface area (Å²) >= 11 is 0. The van der Waals surface area contributed by atoms with Gasteiger partial charge in [0.25, 0.3) is 11.8 Å². The molecule has 0 aromatic heterocycles. The van der Waals surface area contributed by atoms with E-state index in [9.17, 15) is 24.0 Å². The average Bonchev–Trinajstić information content (AvgIpc) is 2.84. The Labute approximate surface area is 149 Å². The number of carbonyl (C=O) groups is 5. The molecule has 3 rings (SSSR count). The Morgan fingerprint density at radius 1 is 0.731 bits per heavy atom. The predicted octanol–water partition coefficient (Wildman–Crippen LogP) is 2.55. The maximum Gasteiger partial charge on any atom is 0.261 e. The zero-order valence-electron chi connectivity index (χ0n) is 14.5. The van der Waals surface area contributed by atoms with Crippen LogP contribution in [0.25, 0.3) is 0 Å². The van der Waals surface area contributed by atoms with Gasteiger partial charge >= 0.3 is 0 Å². The van der Waals surface area contributed by atoms with Gasteiger partial charge in [-0.25, -0.2) is 0 Å². The normalized spacial score (nSPS) is 13.0. The molecule has 0 saturated carbocycles. The van der Waals surface area contributed by atoms with E-state index in [1.807, 2.05) is 0 Å². The number of hydrogen-bond donors (Lipinski definition) is 0. The molecule has 0 N–H and O–H groups in total. The molecule has 0 spiro atoms. The van der Waals surface area contributed by atoms with Gasteiger partial charge in [-0.05, 0) is 38.1 Å². The van der Waals surface area contributed by atoms with Crippen molar-refractivity contribution in [2.75, 3.05) is 7.05 Å². The van der Waals surface area contributed by atoms with Crippen LogP contribution in [0.5, 0.6) is 0 Å². The molecule has 0 aliphatic carbocycles. The minimum absolute atomic E-state index is 0.176. The van der Waals surface area contributed by atoms with Gasteiger partial charge in [0.05, 0.1) is 11.1 Å². The Morgan fingerprint density at radius 2 is 1.27 bits per heavy atom. The Hall–Kier alpha value is -3.41. The summed E-state index contributed by atoms with van der Waals surface area (Å²) in [5.41, 5.74) is 1.32. The van der Waals surface area contributed by atoms with Crippen LogP contribution in [0.4, 0.5) is 0 Å². The molecule has 0 unspecified atom stereocenters. The van der Waals surface area contributed by atoms with Gasteiger partial charge in [-0.15, -0.1) is 0 Å². The number of carbonyl (C=O) groups excluding carboxylic acids is 5. The summed E-state index contributed by atoms with van der Waals surface area (Å²) in [7, 11) is 1.38. The number of benzene rings is 2. The molecule has 2 aromatic rings. The van der Waals surface area contributed by atoms with Crippen molar-refractivity contribution in [1.82, 2.24) is 4.90 Å². The number of ketones is 3. The fourth-order valence-electron chi connectivity index (χ4n) is 2.95. The largest absolute Gasteiger partial charge is 0.294 e. The van der Waals surface area contributed by atoms with E-state index < -0.39 is 17.6 Å². The van der Waals surface area contributed by atoms with E-state index in [-0.39, 0.29) is 44.9 Å². The monoisotopic (exact) mass is 349 g/mol. The third kappa shape index (κ3) is 2.65. The van der Waals surface area contributed by atoms with Gasteiger partial charge in [0.2, 0.25) is 0 Å². The molecule has 130 valence electrons. The second-order valence-corrected chi connectivity index (χ2v) is 6.13. The maximum atomic E-state index is 12.8. The topological polar surface area (TPSA) is 88.6 Å². The summed E-state index contributed by atoms with van der Waals surface area (Å²) in [5, 5.41) is 0. The van der Waals surface area contributed by atoms with Crippen LogP contribution >= 0.6 is 0 Å². The van der Waals surface area contributed by atoms with Crippen molar-refractivity contribution in [3.63, 3.8) is 0 Å². The van der Waals surface area contributed by atoms with Crippen molar-refractivity contribution < 1.29 is 24.0 Å². The molecule has 6 nitrogen and oxygen atoms in total. The molecule has 26 heavy (non-hydrogen) atoms. The number of hydrogen-bond acceptors (Lipinski definition) is 5. The fraction of sp³-hybridized carbons (Fsp3) is 0.150. The van der Waals surface area contributed by atoms with Crippen LogP contribution in [0.2, 0.25) is 0 Å². The second kappa shape index (κ2) is 6.15.